The van der Waals surface area contributed by atoms with Crippen molar-refractivity contribution in [1.29, 1.82) is 0 Å². The van der Waals surface area contributed by atoms with Gasteiger partial charge in [-0.05, 0) is 30.9 Å². The van der Waals surface area contributed by atoms with Gasteiger partial charge in [0.15, 0.2) is 0 Å². The van der Waals surface area contributed by atoms with E-state index in [1.54, 1.807) is 6.07 Å². The molecule has 1 aromatic rings. The Morgan fingerprint density at radius 2 is 2.12 bits per heavy atom. The van der Waals surface area contributed by atoms with Crippen molar-refractivity contribution in [2.24, 2.45) is 5.92 Å². The highest BCUT2D eigenvalue weighted by Gasteiger charge is 2.19. The van der Waals surface area contributed by atoms with Crippen molar-refractivity contribution in [3.05, 3.63) is 47.0 Å². The number of carboxylic acid groups (broad SMARTS) is 1. The summed E-state index contributed by atoms with van der Waals surface area (Å²) >= 11 is 6.03. The Hall–Kier alpha value is -1.28. The standard InChI is InChI=1S/C14H17ClO2/c1-3-10(2)8-12(14(16)17)9-11-6-4-5-7-13(11)15/h4-7,12H,2-3,8-9H2,1H3,(H,16,17). The SMILES string of the molecule is C=C(CC)CC(Cc1ccccc1Cl)C(=O)O. The predicted octanol–water partition coefficient (Wildman–Crippen LogP) is 3.94. The van der Waals surface area contributed by atoms with Crippen LogP contribution in [0.1, 0.15) is 25.3 Å². The van der Waals surface area contributed by atoms with Crippen molar-refractivity contribution >= 4 is 17.6 Å². The van der Waals surface area contributed by atoms with Crippen molar-refractivity contribution in [1.82, 2.24) is 0 Å². The van der Waals surface area contributed by atoms with Gasteiger partial charge in [0.1, 0.15) is 0 Å². The zero-order valence-electron chi connectivity index (χ0n) is 9.95. The summed E-state index contributed by atoms with van der Waals surface area (Å²) in [7, 11) is 0. The van der Waals surface area contributed by atoms with Gasteiger partial charge < -0.3 is 5.11 Å². The molecule has 0 aliphatic rings. The van der Waals surface area contributed by atoms with Crippen molar-refractivity contribution < 1.29 is 9.90 Å². The molecule has 0 heterocycles. The van der Waals surface area contributed by atoms with E-state index in [9.17, 15) is 9.90 Å². The molecular weight excluding hydrogens is 236 g/mol. The van der Waals surface area contributed by atoms with Crippen molar-refractivity contribution in [3.8, 4) is 0 Å². The van der Waals surface area contributed by atoms with E-state index in [0.29, 0.717) is 17.9 Å². The van der Waals surface area contributed by atoms with Gasteiger partial charge in [-0.25, -0.2) is 0 Å². The van der Waals surface area contributed by atoms with Crippen LogP contribution >= 0.6 is 11.6 Å². The third-order valence-corrected chi connectivity index (χ3v) is 3.18. The Morgan fingerprint density at radius 3 is 2.65 bits per heavy atom. The Labute approximate surface area is 107 Å². The fourth-order valence-electron chi connectivity index (χ4n) is 1.67. The maximum absolute atomic E-state index is 11.2. The lowest BCUT2D eigenvalue weighted by atomic mass is 9.92. The lowest BCUT2D eigenvalue weighted by molar-refractivity contribution is -0.141. The van der Waals surface area contributed by atoms with Gasteiger partial charge in [-0.1, -0.05) is 48.9 Å². The highest BCUT2D eigenvalue weighted by atomic mass is 35.5. The Balaban J connectivity index is 2.77. The molecule has 0 aromatic heterocycles. The van der Waals surface area contributed by atoms with Crippen LogP contribution in [-0.2, 0) is 11.2 Å². The van der Waals surface area contributed by atoms with E-state index in [2.05, 4.69) is 6.58 Å². The molecule has 0 bridgehead atoms. The summed E-state index contributed by atoms with van der Waals surface area (Å²) in [6.07, 6.45) is 1.78. The van der Waals surface area contributed by atoms with E-state index < -0.39 is 11.9 Å². The molecular formula is C14H17ClO2. The van der Waals surface area contributed by atoms with Gasteiger partial charge in [-0.2, -0.15) is 0 Å². The summed E-state index contributed by atoms with van der Waals surface area (Å²) in [5.74, 6) is -1.23. The molecule has 0 aliphatic carbocycles. The zero-order chi connectivity index (χ0) is 12.8. The number of hydrogen-bond acceptors (Lipinski definition) is 1. The average molecular weight is 253 g/mol. The molecule has 1 aromatic carbocycles. The summed E-state index contributed by atoms with van der Waals surface area (Å²) in [5, 5.41) is 9.81. The van der Waals surface area contributed by atoms with Gasteiger partial charge in [0.2, 0.25) is 0 Å². The second-order valence-corrected chi connectivity index (χ2v) is 4.55. The summed E-state index contributed by atoms with van der Waals surface area (Å²) in [6.45, 7) is 5.85. The van der Waals surface area contributed by atoms with E-state index >= 15 is 0 Å². The average Bonchev–Trinajstić information content (AvgIpc) is 2.30. The summed E-state index contributed by atoms with van der Waals surface area (Å²) in [5.41, 5.74) is 1.84. The molecule has 0 radical (unpaired) electrons. The topological polar surface area (TPSA) is 37.3 Å². The fourth-order valence-corrected chi connectivity index (χ4v) is 1.88. The number of rotatable bonds is 6. The molecule has 1 unspecified atom stereocenters. The largest absolute Gasteiger partial charge is 0.481 e. The van der Waals surface area contributed by atoms with Gasteiger partial charge in [0.25, 0.3) is 0 Å². The lowest BCUT2D eigenvalue weighted by Gasteiger charge is -2.14. The summed E-state index contributed by atoms with van der Waals surface area (Å²) in [4.78, 5) is 11.2. The minimum absolute atomic E-state index is 0.442. The second kappa shape index (κ2) is 6.45. The summed E-state index contributed by atoms with van der Waals surface area (Å²) < 4.78 is 0. The predicted molar refractivity (Wildman–Crippen MR) is 70.3 cm³/mol. The van der Waals surface area contributed by atoms with Crippen LogP contribution < -0.4 is 0 Å². The first-order valence-electron chi connectivity index (χ1n) is 5.67. The number of allylic oxidation sites excluding steroid dienone is 1. The van der Waals surface area contributed by atoms with Crippen LogP contribution in [0.25, 0.3) is 0 Å². The van der Waals surface area contributed by atoms with E-state index in [4.69, 9.17) is 11.6 Å². The lowest BCUT2D eigenvalue weighted by Crippen LogP contribution is -2.17. The number of hydrogen-bond donors (Lipinski definition) is 1. The Bertz CT molecular complexity index is 412. The molecule has 3 heteroatoms. The quantitative estimate of drug-likeness (QED) is 0.779. The molecule has 17 heavy (non-hydrogen) atoms. The smallest absolute Gasteiger partial charge is 0.307 e. The highest BCUT2D eigenvalue weighted by molar-refractivity contribution is 6.31. The second-order valence-electron chi connectivity index (χ2n) is 4.14. The van der Waals surface area contributed by atoms with Crippen LogP contribution in [0, 0.1) is 5.92 Å². The molecule has 0 saturated carbocycles. The van der Waals surface area contributed by atoms with Gasteiger partial charge >= 0.3 is 5.97 Å². The van der Waals surface area contributed by atoms with E-state index in [0.717, 1.165) is 17.6 Å². The molecule has 1 atom stereocenters. The number of carboxylic acids is 1. The number of aliphatic carboxylic acids is 1. The molecule has 0 spiro atoms. The van der Waals surface area contributed by atoms with E-state index in [-0.39, 0.29) is 0 Å². The number of carbonyl (C=O) groups is 1. The monoisotopic (exact) mass is 252 g/mol. The van der Waals surface area contributed by atoms with Gasteiger partial charge in [-0.15, -0.1) is 0 Å². The minimum Gasteiger partial charge on any atom is -0.481 e. The van der Waals surface area contributed by atoms with Gasteiger partial charge in [0, 0.05) is 5.02 Å². The molecule has 0 saturated heterocycles. The van der Waals surface area contributed by atoms with Crippen molar-refractivity contribution in [2.45, 2.75) is 26.2 Å². The number of halogens is 1. The van der Waals surface area contributed by atoms with E-state index in [1.807, 2.05) is 25.1 Å². The maximum Gasteiger partial charge on any atom is 0.307 e. The maximum atomic E-state index is 11.2. The first-order chi connectivity index (χ1) is 8.04. The third-order valence-electron chi connectivity index (χ3n) is 2.81. The van der Waals surface area contributed by atoms with Crippen LogP contribution in [0.4, 0.5) is 0 Å². The van der Waals surface area contributed by atoms with Crippen molar-refractivity contribution in [3.63, 3.8) is 0 Å². The molecule has 0 fully saturated rings. The first-order valence-corrected chi connectivity index (χ1v) is 6.05. The minimum atomic E-state index is -0.792. The normalized spacial score (nSPS) is 12.1. The Morgan fingerprint density at radius 1 is 1.47 bits per heavy atom. The van der Waals surface area contributed by atoms with Crippen LogP contribution in [0.3, 0.4) is 0 Å². The van der Waals surface area contributed by atoms with E-state index in [1.165, 1.54) is 0 Å². The zero-order valence-corrected chi connectivity index (χ0v) is 10.7. The molecule has 0 amide bonds. The molecule has 1 rings (SSSR count). The van der Waals surface area contributed by atoms with Gasteiger partial charge in [0.05, 0.1) is 5.92 Å². The summed E-state index contributed by atoms with van der Waals surface area (Å²) in [6, 6.07) is 7.36. The molecule has 1 N–H and O–H groups in total. The van der Waals surface area contributed by atoms with Gasteiger partial charge in [-0.3, -0.25) is 4.79 Å². The first kappa shape index (κ1) is 13.8. The fraction of sp³-hybridized carbons (Fsp3) is 0.357. The van der Waals surface area contributed by atoms with Crippen LogP contribution in [0.2, 0.25) is 5.02 Å². The Kier molecular flexibility index (Phi) is 5.23. The van der Waals surface area contributed by atoms with Crippen LogP contribution in [0.5, 0.6) is 0 Å². The molecule has 2 nitrogen and oxygen atoms in total. The van der Waals surface area contributed by atoms with Crippen LogP contribution in [0.15, 0.2) is 36.4 Å². The molecule has 0 aliphatic heterocycles. The van der Waals surface area contributed by atoms with Crippen LogP contribution in [-0.4, -0.2) is 11.1 Å². The van der Waals surface area contributed by atoms with Crippen molar-refractivity contribution in [2.75, 3.05) is 0 Å². The number of benzene rings is 1. The third kappa shape index (κ3) is 4.23. The molecule has 92 valence electrons. The highest BCUT2D eigenvalue weighted by Crippen LogP contribution is 2.23.